The van der Waals surface area contributed by atoms with Gasteiger partial charge in [-0.1, -0.05) is 12.1 Å². The summed E-state index contributed by atoms with van der Waals surface area (Å²) in [6.45, 7) is 4.51. The number of halogens is 1. The van der Waals surface area contributed by atoms with Crippen LogP contribution in [0.2, 0.25) is 0 Å². The number of hydrogen-bond donors (Lipinski definition) is 2. The first-order valence-electron chi connectivity index (χ1n) is 6.97. The van der Waals surface area contributed by atoms with Crippen LogP contribution in [0.5, 0.6) is 0 Å². The van der Waals surface area contributed by atoms with Gasteiger partial charge in [0, 0.05) is 17.6 Å². The van der Waals surface area contributed by atoms with Gasteiger partial charge >= 0.3 is 0 Å². The normalized spacial score (nSPS) is 10.6. The van der Waals surface area contributed by atoms with Crippen molar-refractivity contribution in [1.82, 2.24) is 9.97 Å². The average Bonchev–Trinajstić information content (AvgIpc) is 2.82. The number of aromatic nitrogens is 2. The predicted octanol–water partition coefficient (Wildman–Crippen LogP) is 3.80. The second kappa shape index (κ2) is 5.49. The molecule has 0 aliphatic heterocycles. The van der Waals surface area contributed by atoms with Crippen LogP contribution in [0.15, 0.2) is 30.3 Å². The van der Waals surface area contributed by atoms with Crippen LogP contribution in [0.4, 0.5) is 10.2 Å². The van der Waals surface area contributed by atoms with Crippen LogP contribution in [-0.4, -0.2) is 9.97 Å². The van der Waals surface area contributed by atoms with Gasteiger partial charge in [0.15, 0.2) is 5.82 Å². The van der Waals surface area contributed by atoms with Gasteiger partial charge in [0.2, 0.25) is 0 Å². The van der Waals surface area contributed by atoms with Crippen molar-refractivity contribution in [2.24, 2.45) is 0 Å². The Morgan fingerprint density at radius 3 is 2.68 bits per heavy atom. The SMILES string of the molecule is Cc1[nH]c2c(NCc3ccc(F)cc3)nc(C#N)cc2c1C. The Morgan fingerprint density at radius 2 is 2.00 bits per heavy atom. The highest BCUT2D eigenvalue weighted by molar-refractivity contribution is 5.93. The van der Waals surface area contributed by atoms with Crippen LogP contribution in [-0.2, 0) is 6.54 Å². The molecule has 0 atom stereocenters. The second-order valence-corrected chi connectivity index (χ2v) is 5.25. The molecule has 0 aliphatic carbocycles. The number of aryl methyl sites for hydroxylation is 2. The molecule has 22 heavy (non-hydrogen) atoms. The van der Waals surface area contributed by atoms with Crippen LogP contribution in [0.25, 0.3) is 10.9 Å². The minimum absolute atomic E-state index is 0.258. The van der Waals surface area contributed by atoms with E-state index in [1.54, 1.807) is 18.2 Å². The van der Waals surface area contributed by atoms with E-state index >= 15 is 0 Å². The summed E-state index contributed by atoms with van der Waals surface area (Å²) in [7, 11) is 0. The zero-order valence-corrected chi connectivity index (χ0v) is 12.4. The van der Waals surface area contributed by atoms with Gasteiger partial charge in [-0.3, -0.25) is 0 Å². The molecule has 0 unspecified atom stereocenters. The van der Waals surface area contributed by atoms with E-state index in [4.69, 9.17) is 5.26 Å². The maximum absolute atomic E-state index is 12.9. The van der Waals surface area contributed by atoms with E-state index in [2.05, 4.69) is 21.4 Å². The van der Waals surface area contributed by atoms with Gasteiger partial charge < -0.3 is 10.3 Å². The monoisotopic (exact) mass is 294 g/mol. The van der Waals surface area contributed by atoms with Crippen LogP contribution < -0.4 is 5.32 Å². The fraction of sp³-hybridized carbons (Fsp3) is 0.176. The topological polar surface area (TPSA) is 64.5 Å². The molecule has 1 aromatic carbocycles. The molecule has 2 heterocycles. The Balaban J connectivity index is 1.97. The van der Waals surface area contributed by atoms with E-state index in [1.165, 1.54) is 12.1 Å². The molecule has 3 aromatic rings. The largest absolute Gasteiger partial charge is 0.364 e. The summed E-state index contributed by atoms with van der Waals surface area (Å²) >= 11 is 0. The number of aromatic amines is 1. The molecule has 0 fully saturated rings. The van der Waals surface area contributed by atoms with Crippen molar-refractivity contribution in [3.8, 4) is 6.07 Å². The third-order valence-corrected chi connectivity index (χ3v) is 3.79. The number of anilines is 1. The van der Waals surface area contributed by atoms with Gasteiger partial charge in [-0.05, 0) is 43.2 Å². The standard InChI is InChI=1S/C17H15FN4/c1-10-11(2)21-16-15(10)7-14(8-19)22-17(16)20-9-12-3-5-13(18)6-4-12/h3-7,21H,9H2,1-2H3,(H,20,22). The summed E-state index contributed by atoms with van der Waals surface area (Å²) in [5.74, 6) is 0.376. The maximum atomic E-state index is 12.9. The van der Waals surface area contributed by atoms with Crippen molar-refractivity contribution in [2.45, 2.75) is 20.4 Å². The number of benzene rings is 1. The zero-order valence-electron chi connectivity index (χ0n) is 12.4. The number of rotatable bonds is 3. The molecule has 0 amide bonds. The summed E-state index contributed by atoms with van der Waals surface area (Å²) in [5, 5.41) is 13.4. The number of hydrogen-bond acceptors (Lipinski definition) is 3. The highest BCUT2D eigenvalue weighted by Gasteiger charge is 2.12. The third kappa shape index (κ3) is 2.51. The van der Waals surface area contributed by atoms with E-state index in [0.29, 0.717) is 18.1 Å². The Hall–Kier alpha value is -2.87. The Labute approximate surface area is 127 Å². The van der Waals surface area contributed by atoms with Gasteiger partial charge in [0.05, 0.1) is 5.52 Å². The molecule has 2 N–H and O–H groups in total. The molecule has 4 nitrogen and oxygen atoms in total. The minimum Gasteiger partial charge on any atom is -0.364 e. The number of nitriles is 1. The fourth-order valence-electron chi connectivity index (χ4n) is 2.42. The summed E-state index contributed by atoms with van der Waals surface area (Å²) in [6.07, 6.45) is 0. The first-order valence-corrected chi connectivity index (χ1v) is 6.97. The molecule has 0 spiro atoms. The van der Waals surface area contributed by atoms with Crippen LogP contribution in [0.3, 0.4) is 0 Å². The minimum atomic E-state index is -0.258. The molecule has 0 radical (unpaired) electrons. The van der Waals surface area contributed by atoms with Crippen molar-refractivity contribution in [2.75, 3.05) is 5.32 Å². The van der Waals surface area contributed by atoms with Crippen molar-refractivity contribution < 1.29 is 4.39 Å². The van der Waals surface area contributed by atoms with E-state index < -0.39 is 0 Å². The number of nitrogens with one attached hydrogen (secondary N) is 2. The molecule has 0 bridgehead atoms. The smallest absolute Gasteiger partial charge is 0.152 e. The lowest BCUT2D eigenvalue weighted by Gasteiger charge is -2.08. The maximum Gasteiger partial charge on any atom is 0.152 e. The fourth-order valence-corrected chi connectivity index (χ4v) is 2.42. The van der Waals surface area contributed by atoms with Crippen LogP contribution in [0.1, 0.15) is 22.5 Å². The van der Waals surface area contributed by atoms with Gasteiger partial charge in [0.25, 0.3) is 0 Å². The number of fused-ring (bicyclic) bond motifs is 1. The first-order chi connectivity index (χ1) is 10.6. The number of H-pyrrole nitrogens is 1. The molecule has 2 aromatic heterocycles. The van der Waals surface area contributed by atoms with Crippen molar-refractivity contribution >= 4 is 16.7 Å². The highest BCUT2D eigenvalue weighted by Crippen LogP contribution is 2.27. The van der Waals surface area contributed by atoms with Crippen LogP contribution in [0, 0.1) is 31.0 Å². The second-order valence-electron chi connectivity index (χ2n) is 5.25. The number of nitrogens with zero attached hydrogens (tertiary/aromatic N) is 2. The number of pyridine rings is 1. The summed E-state index contributed by atoms with van der Waals surface area (Å²) in [6, 6.07) is 10.2. The lowest BCUT2D eigenvalue weighted by molar-refractivity contribution is 0.627. The van der Waals surface area contributed by atoms with Crippen molar-refractivity contribution in [1.29, 1.82) is 5.26 Å². The lowest BCUT2D eigenvalue weighted by atomic mass is 10.1. The highest BCUT2D eigenvalue weighted by atomic mass is 19.1. The zero-order chi connectivity index (χ0) is 15.7. The Bertz CT molecular complexity index is 872. The molecule has 5 heteroatoms. The summed E-state index contributed by atoms with van der Waals surface area (Å²) < 4.78 is 12.9. The van der Waals surface area contributed by atoms with Gasteiger partial charge in [-0.25, -0.2) is 9.37 Å². The molecule has 0 aliphatic rings. The molecular weight excluding hydrogens is 279 g/mol. The third-order valence-electron chi connectivity index (χ3n) is 3.79. The van der Waals surface area contributed by atoms with Gasteiger partial charge in [-0.15, -0.1) is 0 Å². The van der Waals surface area contributed by atoms with E-state index in [0.717, 1.165) is 27.7 Å². The van der Waals surface area contributed by atoms with Gasteiger partial charge in [-0.2, -0.15) is 5.26 Å². The quantitative estimate of drug-likeness (QED) is 0.772. The predicted molar refractivity (Wildman–Crippen MR) is 84.0 cm³/mol. The Kier molecular flexibility index (Phi) is 3.51. The van der Waals surface area contributed by atoms with Crippen molar-refractivity contribution in [3.63, 3.8) is 0 Å². The van der Waals surface area contributed by atoms with Gasteiger partial charge in [0.1, 0.15) is 17.6 Å². The van der Waals surface area contributed by atoms with Crippen molar-refractivity contribution in [3.05, 3.63) is 58.7 Å². The first kappa shape index (κ1) is 14.1. The van der Waals surface area contributed by atoms with Crippen LogP contribution >= 0.6 is 0 Å². The molecule has 3 rings (SSSR count). The molecule has 0 saturated carbocycles. The summed E-state index contributed by atoms with van der Waals surface area (Å²) in [4.78, 5) is 7.63. The molecular formula is C17H15FN4. The van der Waals surface area contributed by atoms with E-state index in [9.17, 15) is 4.39 Å². The average molecular weight is 294 g/mol. The lowest BCUT2D eigenvalue weighted by Crippen LogP contribution is -2.03. The van der Waals surface area contributed by atoms with E-state index in [1.807, 2.05) is 13.8 Å². The molecule has 110 valence electrons. The Morgan fingerprint density at radius 1 is 1.27 bits per heavy atom. The van der Waals surface area contributed by atoms with E-state index in [-0.39, 0.29) is 5.82 Å². The summed E-state index contributed by atoms with van der Waals surface area (Å²) in [5.41, 5.74) is 4.36. The molecule has 0 saturated heterocycles.